The van der Waals surface area contributed by atoms with Gasteiger partial charge >= 0.3 is 0 Å². The summed E-state index contributed by atoms with van der Waals surface area (Å²) in [4.78, 5) is 2.57. The highest BCUT2D eigenvalue weighted by molar-refractivity contribution is 5.28. The van der Waals surface area contributed by atoms with E-state index in [0.717, 1.165) is 36.4 Å². The van der Waals surface area contributed by atoms with Crippen LogP contribution in [0.1, 0.15) is 32.3 Å². The van der Waals surface area contributed by atoms with Crippen LogP contribution < -0.4 is 10.5 Å². The zero-order valence-corrected chi connectivity index (χ0v) is 12.1. The molecule has 0 heterocycles. The van der Waals surface area contributed by atoms with Gasteiger partial charge in [0.05, 0.1) is 0 Å². The van der Waals surface area contributed by atoms with Crippen molar-refractivity contribution in [2.45, 2.75) is 39.3 Å². The molecule has 0 radical (unpaired) electrons. The number of hydrogen-bond acceptors (Lipinski definition) is 3. The minimum Gasteiger partial charge on any atom is -0.492 e. The fraction of sp³-hybridized carbons (Fsp3) is 0.625. The van der Waals surface area contributed by atoms with Crippen molar-refractivity contribution >= 4 is 0 Å². The molecule has 1 aliphatic carbocycles. The van der Waals surface area contributed by atoms with Gasteiger partial charge in [0.2, 0.25) is 0 Å². The molecule has 0 amide bonds. The van der Waals surface area contributed by atoms with Gasteiger partial charge < -0.3 is 10.5 Å². The zero-order chi connectivity index (χ0) is 13.7. The van der Waals surface area contributed by atoms with Crippen LogP contribution >= 0.6 is 0 Å². The molecule has 0 saturated heterocycles. The van der Waals surface area contributed by atoms with E-state index in [-0.39, 0.29) is 0 Å². The third kappa shape index (κ3) is 4.84. The van der Waals surface area contributed by atoms with Crippen molar-refractivity contribution in [3.63, 3.8) is 0 Å². The Morgan fingerprint density at radius 3 is 2.79 bits per heavy atom. The minimum absolute atomic E-state index is 0.568. The van der Waals surface area contributed by atoms with Gasteiger partial charge in [0.15, 0.2) is 0 Å². The maximum atomic E-state index is 5.84. The van der Waals surface area contributed by atoms with Crippen LogP contribution in [-0.2, 0) is 6.54 Å². The van der Waals surface area contributed by atoms with Crippen molar-refractivity contribution in [3.8, 4) is 5.75 Å². The summed E-state index contributed by atoms with van der Waals surface area (Å²) in [6, 6.07) is 8.88. The first-order valence-corrected chi connectivity index (χ1v) is 7.35. The summed E-state index contributed by atoms with van der Waals surface area (Å²) in [6.45, 7) is 8.09. The minimum atomic E-state index is 0.568. The summed E-state index contributed by atoms with van der Waals surface area (Å²) in [5.74, 6) is 1.66. The Balaban J connectivity index is 1.77. The molecular weight excluding hydrogens is 236 g/mol. The maximum absolute atomic E-state index is 5.84. The largest absolute Gasteiger partial charge is 0.492 e. The van der Waals surface area contributed by atoms with Crippen LogP contribution in [0.2, 0.25) is 0 Å². The number of nitrogens with two attached hydrogens (primary N) is 1. The van der Waals surface area contributed by atoms with E-state index in [4.69, 9.17) is 10.5 Å². The summed E-state index contributed by atoms with van der Waals surface area (Å²) in [7, 11) is 0. The predicted molar refractivity (Wildman–Crippen MR) is 79.3 cm³/mol. The van der Waals surface area contributed by atoms with Gasteiger partial charge in [-0.1, -0.05) is 26.0 Å². The van der Waals surface area contributed by atoms with Gasteiger partial charge in [-0.15, -0.1) is 0 Å². The molecule has 0 spiro atoms. The fourth-order valence-corrected chi connectivity index (χ4v) is 2.37. The molecule has 1 aromatic carbocycles. The van der Waals surface area contributed by atoms with Crippen LogP contribution in [-0.4, -0.2) is 30.6 Å². The van der Waals surface area contributed by atoms with Gasteiger partial charge in [-0.3, -0.25) is 4.90 Å². The predicted octanol–water partition coefficient (Wildman–Crippen LogP) is 2.64. The highest BCUT2D eigenvalue weighted by atomic mass is 16.5. The lowest BCUT2D eigenvalue weighted by Gasteiger charge is -2.24. The first-order chi connectivity index (χ1) is 9.19. The van der Waals surface area contributed by atoms with E-state index < -0.39 is 0 Å². The second-order valence-corrected chi connectivity index (χ2v) is 5.82. The summed E-state index contributed by atoms with van der Waals surface area (Å²) in [6.07, 6.45) is 2.71. The van der Waals surface area contributed by atoms with Gasteiger partial charge in [0.25, 0.3) is 0 Å². The summed E-state index contributed by atoms with van der Waals surface area (Å²) in [5.41, 5.74) is 6.76. The number of hydrogen-bond donors (Lipinski definition) is 1. The second kappa shape index (κ2) is 6.92. The molecule has 2 N–H and O–H groups in total. The van der Waals surface area contributed by atoms with Gasteiger partial charge in [0, 0.05) is 25.7 Å². The van der Waals surface area contributed by atoms with E-state index in [1.165, 1.54) is 19.4 Å². The Kier molecular flexibility index (Phi) is 5.23. The first kappa shape index (κ1) is 14.4. The Labute approximate surface area is 116 Å². The van der Waals surface area contributed by atoms with Gasteiger partial charge in [-0.05, 0) is 36.5 Å². The molecule has 3 heteroatoms. The van der Waals surface area contributed by atoms with Crippen molar-refractivity contribution in [1.29, 1.82) is 0 Å². The van der Waals surface area contributed by atoms with Crippen LogP contribution in [0.5, 0.6) is 5.75 Å². The monoisotopic (exact) mass is 262 g/mol. The lowest BCUT2D eigenvalue weighted by atomic mass is 10.2. The standard InChI is InChI=1S/C16H26N2O/c1-13(2)12-18(15-6-7-15)8-9-19-16-5-3-4-14(10-16)11-17/h3-5,10,13,15H,6-9,11-12,17H2,1-2H3. The van der Waals surface area contributed by atoms with Gasteiger partial charge in [-0.25, -0.2) is 0 Å². The van der Waals surface area contributed by atoms with E-state index in [1.54, 1.807) is 0 Å². The highest BCUT2D eigenvalue weighted by Gasteiger charge is 2.28. The quantitative estimate of drug-likeness (QED) is 0.782. The third-order valence-corrected chi connectivity index (χ3v) is 3.44. The highest BCUT2D eigenvalue weighted by Crippen LogP contribution is 2.27. The van der Waals surface area contributed by atoms with Crippen LogP contribution in [0.25, 0.3) is 0 Å². The number of ether oxygens (including phenoxy) is 1. The van der Waals surface area contributed by atoms with E-state index in [1.807, 2.05) is 24.3 Å². The molecular formula is C16H26N2O. The number of rotatable bonds is 8. The van der Waals surface area contributed by atoms with Gasteiger partial charge in [0.1, 0.15) is 12.4 Å². The van der Waals surface area contributed by atoms with E-state index in [2.05, 4.69) is 18.7 Å². The molecule has 0 unspecified atom stereocenters. The molecule has 1 aliphatic rings. The molecule has 0 bridgehead atoms. The topological polar surface area (TPSA) is 38.5 Å². The van der Waals surface area contributed by atoms with E-state index >= 15 is 0 Å². The molecule has 0 aliphatic heterocycles. The zero-order valence-electron chi connectivity index (χ0n) is 12.1. The lowest BCUT2D eigenvalue weighted by Crippen LogP contribution is -2.33. The Morgan fingerprint density at radius 2 is 2.16 bits per heavy atom. The van der Waals surface area contributed by atoms with Crippen molar-refractivity contribution in [1.82, 2.24) is 4.90 Å². The third-order valence-electron chi connectivity index (χ3n) is 3.44. The second-order valence-electron chi connectivity index (χ2n) is 5.82. The van der Waals surface area contributed by atoms with E-state index in [0.29, 0.717) is 6.54 Å². The van der Waals surface area contributed by atoms with Crippen LogP contribution in [0.15, 0.2) is 24.3 Å². The van der Waals surface area contributed by atoms with Gasteiger partial charge in [-0.2, -0.15) is 0 Å². The van der Waals surface area contributed by atoms with Crippen LogP contribution in [0.3, 0.4) is 0 Å². The summed E-state index contributed by atoms with van der Waals surface area (Å²) >= 11 is 0. The maximum Gasteiger partial charge on any atom is 0.119 e. The first-order valence-electron chi connectivity index (χ1n) is 7.35. The summed E-state index contributed by atoms with van der Waals surface area (Å²) in [5, 5.41) is 0. The smallest absolute Gasteiger partial charge is 0.119 e. The molecule has 2 rings (SSSR count). The SMILES string of the molecule is CC(C)CN(CCOc1cccc(CN)c1)C1CC1. The van der Waals surface area contributed by atoms with E-state index in [9.17, 15) is 0 Å². The normalized spacial score (nSPS) is 15.2. The van der Waals surface area contributed by atoms with Crippen molar-refractivity contribution < 1.29 is 4.74 Å². The Hall–Kier alpha value is -1.06. The average molecular weight is 262 g/mol. The fourth-order valence-electron chi connectivity index (χ4n) is 2.37. The number of nitrogens with zero attached hydrogens (tertiary/aromatic N) is 1. The Bertz CT molecular complexity index is 388. The molecule has 106 valence electrons. The Morgan fingerprint density at radius 1 is 1.37 bits per heavy atom. The molecule has 1 saturated carbocycles. The number of benzene rings is 1. The molecule has 1 fully saturated rings. The molecule has 0 atom stereocenters. The van der Waals surface area contributed by atoms with Crippen LogP contribution in [0.4, 0.5) is 0 Å². The molecule has 1 aromatic rings. The summed E-state index contributed by atoms with van der Waals surface area (Å²) < 4.78 is 5.84. The molecule has 3 nitrogen and oxygen atoms in total. The van der Waals surface area contributed by atoms with Crippen molar-refractivity contribution in [2.24, 2.45) is 11.7 Å². The lowest BCUT2D eigenvalue weighted by molar-refractivity contribution is 0.185. The van der Waals surface area contributed by atoms with Crippen LogP contribution in [0, 0.1) is 5.92 Å². The molecule has 19 heavy (non-hydrogen) atoms. The average Bonchev–Trinajstić information content (AvgIpc) is 3.22. The van der Waals surface area contributed by atoms with Crippen molar-refractivity contribution in [3.05, 3.63) is 29.8 Å². The van der Waals surface area contributed by atoms with Crippen molar-refractivity contribution in [2.75, 3.05) is 19.7 Å². The molecule has 0 aromatic heterocycles.